The lowest BCUT2D eigenvalue weighted by Gasteiger charge is -2.16. The number of hydrogen-bond acceptors (Lipinski definition) is 2. The van der Waals surface area contributed by atoms with Gasteiger partial charge in [0.1, 0.15) is 0 Å². The Balaban J connectivity index is 1.45. The third kappa shape index (κ3) is 3.46. The molecule has 1 unspecified atom stereocenters. The van der Waals surface area contributed by atoms with Crippen LogP contribution in [0.15, 0.2) is 48.8 Å². The van der Waals surface area contributed by atoms with Gasteiger partial charge in [0.15, 0.2) is 0 Å². The van der Waals surface area contributed by atoms with Crippen molar-refractivity contribution in [2.45, 2.75) is 25.6 Å². The molecule has 19 heavy (non-hydrogen) atoms. The fraction of sp³-hybridized carbons (Fsp3) is 0.375. The summed E-state index contributed by atoms with van der Waals surface area (Å²) < 4.78 is 0. The molecule has 3 nitrogen and oxygen atoms in total. The van der Waals surface area contributed by atoms with Gasteiger partial charge in [-0.05, 0) is 23.6 Å². The summed E-state index contributed by atoms with van der Waals surface area (Å²) in [7, 11) is 0. The fourth-order valence-electron chi connectivity index (χ4n) is 2.72. The van der Waals surface area contributed by atoms with Crippen molar-refractivity contribution in [2.24, 2.45) is 0 Å². The summed E-state index contributed by atoms with van der Waals surface area (Å²) in [5, 5.41) is 3.64. The molecule has 0 amide bonds. The van der Waals surface area contributed by atoms with Gasteiger partial charge in [-0.1, -0.05) is 30.3 Å². The first-order valence-corrected chi connectivity index (χ1v) is 7.01. The van der Waals surface area contributed by atoms with Crippen LogP contribution in [-0.2, 0) is 13.1 Å². The van der Waals surface area contributed by atoms with Crippen LogP contribution in [0.4, 0.5) is 0 Å². The Morgan fingerprint density at radius 2 is 2.05 bits per heavy atom. The lowest BCUT2D eigenvalue weighted by molar-refractivity contribution is 0.320. The number of rotatable bonds is 5. The van der Waals surface area contributed by atoms with E-state index in [0.29, 0.717) is 6.04 Å². The molecule has 2 N–H and O–H groups in total. The van der Waals surface area contributed by atoms with Crippen molar-refractivity contribution in [1.82, 2.24) is 15.2 Å². The third-order valence-electron chi connectivity index (χ3n) is 3.78. The van der Waals surface area contributed by atoms with Crippen LogP contribution in [-0.4, -0.2) is 29.0 Å². The van der Waals surface area contributed by atoms with Gasteiger partial charge in [-0.3, -0.25) is 4.90 Å². The molecule has 1 fully saturated rings. The monoisotopic (exact) mass is 255 g/mol. The Labute approximate surface area is 114 Å². The Hall–Kier alpha value is -1.58. The maximum Gasteiger partial charge on any atom is 0.0234 e. The molecule has 2 heterocycles. The fourth-order valence-corrected chi connectivity index (χ4v) is 2.72. The molecule has 1 atom stereocenters. The van der Waals surface area contributed by atoms with E-state index in [4.69, 9.17) is 0 Å². The van der Waals surface area contributed by atoms with Crippen LogP contribution in [0.25, 0.3) is 0 Å². The normalized spacial score (nSPS) is 19.9. The molecule has 1 aliphatic rings. The largest absolute Gasteiger partial charge is 0.367 e. The lowest BCUT2D eigenvalue weighted by Crippen LogP contribution is -2.31. The first kappa shape index (κ1) is 12.5. The van der Waals surface area contributed by atoms with E-state index >= 15 is 0 Å². The molecule has 1 aromatic carbocycles. The molecular weight excluding hydrogens is 234 g/mol. The number of nitrogens with one attached hydrogen (secondary N) is 2. The van der Waals surface area contributed by atoms with E-state index in [0.717, 1.165) is 19.6 Å². The van der Waals surface area contributed by atoms with Gasteiger partial charge in [-0.25, -0.2) is 0 Å². The number of likely N-dealkylation sites (tertiary alicyclic amines) is 1. The van der Waals surface area contributed by atoms with E-state index in [-0.39, 0.29) is 0 Å². The van der Waals surface area contributed by atoms with Gasteiger partial charge >= 0.3 is 0 Å². The highest BCUT2D eigenvalue weighted by atomic mass is 15.2. The minimum atomic E-state index is 0.624. The smallest absolute Gasteiger partial charge is 0.0234 e. The van der Waals surface area contributed by atoms with Gasteiger partial charge in [-0.15, -0.1) is 0 Å². The molecule has 1 aliphatic heterocycles. The summed E-state index contributed by atoms with van der Waals surface area (Å²) in [5.41, 5.74) is 2.75. The van der Waals surface area contributed by atoms with Gasteiger partial charge in [0, 0.05) is 44.6 Å². The lowest BCUT2D eigenvalue weighted by atomic mass is 10.2. The number of benzene rings is 1. The second kappa shape index (κ2) is 6.04. The zero-order valence-corrected chi connectivity index (χ0v) is 11.2. The van der Waals surface area contributed by atoms with Crippen LogP contribution < -0.4 is 5.32 Å². The Kier molecular flexibility index (Phi) is 3.96. The highest BCUT2D eigenvalue weighted by Crippen LogP contribution is 2.13. The van der Waals surface area contributed by atoms with Gasteiger partial charge in [0.2, 0.25) is 0 Å². The quantitative estimate of drug-likeness (QED) is 0.859. The Morgan fingerprint density at radius 1 is 1.16 bits per heavy atom. The highest BCUT2D eigenvalue weighted by Gasteiger charge is 2.21. The number of aromatic amines is 1. The summed E-state index contributed by atoms with van der Waals surface area (Å²) in [6.07, 6.45) is 5.29. The first-order chi connectivity index (χ1) is 9.40. The topological polar surface area (TPSA) is 31.1 Å². The third-order valence-corrected chi connectivity index (χ3v) is 3.78. The van der Waals surface area contributed by atoms with Crippen LogP contribution in [0.1, 0.15) is 17.5 Å². The van der Waals surface area contributed by atoms with Crippen LogP contribution in [0.2, 0.25) is 0 Å². The van der Waals surface area contributed by atoms with Crippen molar-refractivity contribution in [3.63, 3.8) is 0 Å². The minimum absolute atomic E-state index is 0.624. The number of aromatic nitrogens is 1. The average Bonchev–Trinajstić information content (AvgIpc) is 3.09. The molecule has 100 valence electrons. The van der Waals surface area contributed by atoms with Crippen LogP contribution >= 0.6 is 0 Å². The number of H-pyrrole nitrogens is 1. The molecule has 0 radical (unpaired) electrons. The molecule has 3 rings (SSSR count). The zero-order valence-electron chi connectivity index (χ0n) is 11.2. The molecule has 0 aliphatic carbocycles. The van der Waals surface area contributed by atoms with Crippen molar-refractivity contribution in [3.05, 3.63) is 59.9 Å². The summed E-state index contributed by atoms with van der Waals surface area (Å²) in [6, 6.07) is 13.5. The SMILES string of the molecule is c1ccc(CN2CCC(NCc3cc[nH]c3)C2)cc1. The average molecular weight is 255 g/mol. The molecule has 0 spiro atoms. The van der Waals surface area contributed by atoms with E-state index in [1.807, 2.05) is 6.20 Å². The predicted molar refractivity (Wildman–Crippen MR) is 77.8 cm³/mol. The minimum Gasteiger partial charge on any atom is -0.367 e. The van der Waals surface area contributed by atoms with Crippen molar-refractivity contribution in [2.75, 3.05) is 13.1 Å². The van der Waals surface area contributed by atoms with Crippen molar-refractivity contribution >= 4 is 0 Å². The number of nitrogens with zero attached hydrogens (tertiary/aromatic N) is 1. The van der Waals surface area contributed by atoms with Crippen LogP contribution in [0.3, 0.4) is 0 Å². The van der Waals surface area contributed by atoms with Crippen molar-refractivity contribution < 1.29 is 0 Å². The second-order valence-electron chi connectivity index (χ2n) is 5.31. The Morgan fingerprint density at radius 3 is 2.84 bits per heavy atom. The molecule has 3 heteroatoms. The van der Waals surface area contributed by atoms with Gasteiger partial charge in [-0.2, -0.15) is 0 Å². The maximum absolute atomic E-state index is 3.64. The van der Waals surface area contributed by atoms with E-state index < -0.39 is 0 Å². The van der Waals surface area contributed by atoms with Crippen molar-refractivity contribution in [1.29, 1.82) is 0 Å². The summed E-state index contributed by atoms with van der Waals surface area (Å²) in [6.45, 7) is 4.38. The van der Waals surface area contributed by atoms with Crippen LogP contribution in [0.5, 0.6) is 0 Å². The van der Waals surface area contributed by atoms with E-state index in [9.17, 15) is 0 Å². The van der Waals surface area contributed by atoms with Crippen molar-refractivity contribution in [3.8, 4) is 0 Å². The summed E-state index contributed by atoms with van der Waals surface area (Å²) in [4.78, 5) is 5.63. The molecule has 2 aromatic rings. The highest BCUT2D eigenvalue weighted by molar-refractivity contribution is 5.14. The second-order valence-corrected chi connectivity index (χ2v) is 5.31. The molecule has 0 bridgehead atoms. The molecule has 0 saturated carbocycles. The van der Waals surface area contributed by atoms with E-state index in [2.05, 4.69) is 57.8 Å². The summed E-state index contributed by atoms with van der Waals surface area (Å²) in [5.74, 6) is 0. The number of hydrogen-bond donors (Lipinski definition) is 2. The first-order valence-electron chi connectivity index (χ1n) is 7.01. The maximum atomic E-state index is 3.64. The zero-order chi connectivity index (χ0) is 12.9. The summed E-state index contributed by atoms with van der Waals surface area (Å²) >= 11 is 0. The molecule has 1 saturated heterocycles. The van der Waals surface area contributed by atoms with Gasteiger partial charge < -0.3 is 10.3 Å². The van der Waals surface area contributed by atoms with E-state index in [1.54, 1.807) is 0 Å². The van der Waals surface area contributed by atoms with Crippen LogP contribution in [0, 0.1) is 0 Å². The van der Waals surface area contributed by atoms with E-state index in [1.165, 1.54) is 24.1 Å². The van der Waals surface area contributed by atoms with Gasteiger partial charge in [0.05, 0.1) is 0 Å². The predicted octanol–water partition coefficient (Wildman–Crippen LogP) is 2.38. The molecular formula is C16H21N3. The Bertz CT molecular complexity index is 478. The molecule has 1 aromatic heterocycles. The van der Waals surface area contributed by atoms with Gasteiger partial charge in [0.25, 0.3) is 0 Å². The standard InChI is InChI=1S/C16H21N3/c1-2-4-14(5-3-1)12-19-9-7-16(13-19)18-11-15-6-8-17-10-15/h1-6,8,10,16-18H,7,9,11-13H2.